The number of carbonyl (C=O) groups is 1. The summed E-state index contributed by atoms with van der Waals surface area (Å²) < 4.78 is 13.7. The van der Waals surface area contributed by atoms with Gasteiger partial charge in [-0.1, -0.05) is 11.3 Å². The van der Waals surface area contributed by atoms with E-state index in [9.17, 15) is 4.79 Å². The molecule has 98 valence electrons. The molecule has 2 heterocycles. The number of thiazole rings is 1. The zero-order chi connectivity index (χ0) is 13.0. The van der Waals surface area contributed by atoms with Crippen molar-refractivity contribution in [1.29, 1.82) is 0 Å². The summed E-state index contributed by atoms with van der Waals surface area (Å²) in [4.78, 5) is 16.7. The molecule has 4 rings (SSSR count). The van der Waals surface area contributed by atoms with Crippen molar-refractivity contribution in [2.45, 2.75) is 12.8 Å². The predicted octanol–water partition coefficient (Wildman–Crippen LogP) is 1.81. The molecule has 1 aliphatic carbocycles. The Morgan fingerprint density at radius 1 is 1.37 bits per heavy atom. The highest BCUT2D eigenvalue weighted by atomic mass is 32.1. The van der Waals surface area contributed by atoms with Gasteiger partial charge in [0.15, 0.2) is 16.3 Å². The van der Waals surface area contributed by atoms with Crippen LogP contribution in [-0.2, 0) is 11.8 Å². The van der Waals surface area contributed by atoms with Crippen LogP contribution >= 0.6 is 11.3 Å². The number of aryl methyl sites for hydroxylation is 1. The Morgan fingerprint density at radius 2 is 2.11 bits per heavy atom. The molecule has 5 nitrogen and oxygen atoms in total. The van der Waals surface area contributed by atoms with E-state index in [0.717, 1.165) is 39.4 Å². The van der Waals surface area contributed by atoms with Crippen LogP contribution in [0.3, 0.4) is 0 Å². The fraction of sp³-hybridized carbons (Fsp3) is 0.385. The molecule has 0 radical (unpaired) electrons. The predicted molar refractivity (Wildman–Crippen MR) is 70.2 cm³/mol. The molecular weight excluding hydrogens is 264 g/mol. The lowest BCUT2D eigenvalue weighted by Gasteiger charge is -1.98. The van der Waals surface area contributed by atoms with Crippen molar-refractivity contribution >= 4 is 27.5 Å². The van der Waals surface area contributed by atoms with Crippen molar-refractivity contribution in [3.63, 3.8) is 0 Å². The maximum Gasteiger partial charge on any atom is 0.251 e. The van der Waals surface area contributed by atoms with Crippen LogP contribution in [0.4, 0.5) is 0 Å². The molecular formula is C13H12N2O3S. The summed E-state index contributed by atoms with van der Waals surface area (Å²) in [5, 5.41) is 0. The topological polar surface area (TPSA) is 52.8 Å². The number of amides is 1. The van der Waals surface area contributed by atoms with Crippen molar-refractivity contribution in [3.05, 3.63) is 16.9 Å². The minimum absolute atomic E-state index is 0.00203. The Hall–Kier alpha value is -1.82. The fourth-order valence-electron chi connectivity index (χ4n) is 2.14. The van der Waals surface area contributed by atoms with Crippen LogP contribution < -0.4 is 14.3 Å². The fourth-order valence-corrected chi connectivity index (χ4v) is 3.17. The third-order valence-electron chi connectivity index (χ3n) is 3.44. The lowest BCUT2D eigenvalue weighted by molar-refractivity contribution is -0.119. The second-order valence-corrected chi connectivity index (χ2v) is 5.85. The van der Waals surface area contributed by atoms with E-state index in [1.165, 1.54) is 11.3 Å². The minimum atomic E-state index is 0.00203. The van der Waals surface area contributed by atoms with Gasteiger partial charge in [-0.3, -0.25) is 4.79 Å². The molecule has 0 saturated heterocycles. The molecule has 2 aliphatic rings. The molecule has 6 heteroatoms. The third kappa shape index (κ3) is 1.74. The molecule has 0 N–H and O–H groups in total. The van der Waals surface area contributed by atoms with Gasteiger partial charge in [0.05, 0.1) is 10.2 Å². The smallest absolute Gasteiger partial charge is 0.251 e. The van der Waals surface area contributed by atoms with E-state index in [-0.39, 0.29) is 18.6 Å². The summed E-state index contributed by atoms with van der Waals surface area (Å²) >= 11 is 1.50. The van der Waals surface area contributed by atoms with Gasteiger partial charge in [-0.15, -0.1) is 0 Å². The van der Waals surface area contributed by atoms with Gasteiger partial charge in [-0.05, 0) is 12.8 Å². The summed E-state index contributed by atoms with van der Waals surface area (Å²) in [6, 6.07) is 3.89. The Balaban J connectivity index is 1.89. The van der Waals surface area contributed by atoms with Crippen LogP contribution in [0.2, 0.25) is 0 Å². The number of carbonyl (C=O) groups excluding carboxylic acids is 1. The van der Waals surface area contributed by atoms with E-state index in [1.54, 1.807) is 0 Å². The average molecular weight is 276 g/mol. The van der Waals surface area contributed by atoms with Crippen LogP contribution in [0.5, 0.6) is 11.5 Å². The molecule has 1 aromatic heterocycles. The third-order valence-corrected chi connectivity index (χ3v) is 4.53. The molecule has 1 fully saturated rings. The van der Waals surface area contributed by atoms with Gasteiger partial charge in [-0.2, -0.15) is 4.99 Å². The molecule has 19 heavy (non-hydrogen) atoms. The van der Waals surface area contributed by atoms with Gasteiger partial charge in [0.25, 0.3) is 5.91 Å². The van der Waals surface area contributed by atoms with Crippen molar-refractivity contribution in [2.24, 2.45) is 18.0 Å². The maximum atomic E-state index is 11.8. The van der Waals surface area contributed by atoms with E-state index in [1.807, 2.05) is 23.7 Å². The van der Waals surface area contributed by atoms with Gasteiger partial charge in [0.1, 0.15) is 0 Å². The summed E-state index contributed by atoms with van der Waals surface area (Å²) in [5.74, 6) is 1.67. The van der Waals surface area contributed by atoms with E-state index >= 15 is 0 Å². The largest absolute Gasteiger partial charge is 0.454 e. The summed E-state index contributed by atoms with van der Waals surface area (Å²) in [5.41, 5.74) is 1.01. The summed E-state index contributed by atoms with van der Waals surface area (Å²) in [7, 11) is 1.92. The normalized spacial score (nSPS) is 18.3. The highest BCUT2D eigenvalue weighted by molar-refractivity contribution is 7.16. The number of hydrogen-bond donors (Lipinski definition) is 0. The number of aromatic nitrogens is 1. The average Bonchev–Trinajstić information content (AvgIpc) is 3.09. The van der Waals surface area contributed by atoms with Crippen molar-refractivity contribution < 1.29 is 14.3 Å². The molecule has 1 saturated carbocycles. The van der Waals surface area contributed by atoms with Crippen molar-refractivity contribution in [2.75, 3.05) is 6.79 Å². The zero-order valence-corrected chi connectivity index (χ0v) is 11.2. The molecule has 1 amide bonds. The van der Waals surface area contributed by atoms with E-state index in [4.69, 9.17) is 9.47 Å². The molecule has 0 atom stereocenters. The molecule has 0 unspecified atom stereocenters. The number of rotatable bonds is 1. The Morgan fingerprint density at radius 3 is 2.84 bits per heavy atom. The van der Waals surface area contributed by atoms with Crippen LogP contribution in [0.25, 0.3) is 10.2 Å². The summed E-state index contributed by atoms with van der Waals surface area (Å²) in [6.45, 7) is 0.272. The standard InChI is InChI=1S/C13H12N2O3S/c1-15-8-4-9-10(18-6-17-9)5-11(8)19-13(15)14-12(16)7-2-3-7/h4-5,7H,2-3,6H2,1H3. The first-order valence-corrected chi connectivity index (χ1v) is 7.02. The minimum Gasteiger partial charge on any atom is -0.454 e. The van der Waals surface area contributed by atoms with E-state index < -0.39 is 0 Å². The number of hydrogen-bond acceptors (Lipinski definition) is 4. The Kier molecular flexibility index (Phi) is 2.23. The van der Waals surface area contributed by atoms with Gasteiger partial charge in [0, 0.05) is 25.1 Å². The number of fused-ring (bicyclic) bond motifs is 2. The number of ether oxygens (including phenoxy) is 2. The highest BCUT2D eigenvalue weighted by Crippen LogP contribution is 2.36. The second-order valence-electron chi connectivity index (χ2n) is 4.84. The SMILES string of the molecule is Cn1c(=NC(=O)C2CC2)sc2cc3c(cc21)OCO3. The first kappa shape index (κ1) is 11.0. The molecule has 0 bridgehead atoms. The van der Waals surface area contributed by atoms with Crippen LogP contribution in [0.1, 0.15) is 12.8 Å². The van der Waals surface area contributed by atoms with Gasteiger partial charge in [0.2, 0.25) is 6.79 Å². The number of nitrogens with zero attached hydrogens (tertiary/aromatic N) is 2. The quantitative estimate of drug-likeness (QED) is 0.798. The van der Waals surface area contributed by atoms with E-state index in [0.29, 0.717) is 0 Å². The zero-order valence-electron chi connectivity index (χ0n) is 10.4. The summed E-state index contributed by atoms with van der Waals surface area (Å²) in [6.07, 6.45) is 1.96. The van der Waals surface area contributed by atoms with Crippen LogP contribution in [0, 0.1) is 5.92 Å². The van der Waals surface area contributed by atoms with Gasteiger partial charge < -0.3 is 14.0 Å². The lowest BCUT2D eigenvalue weighted by Crippen LogP contribution is -2.13. The highest BCUT2D eigenvalue weighted by Gasteiger charge is 2.29. The Bertz CT molecular complexity index is 755. The van der Waals surface area contributed by atoms with Crippen LogP contribution in [-0.4, -0.2) is 17.3 Å². The van der Waals surface area contributed by atoms with Gasteiger partial charge in [-0.25, -0.2) is 0 Å². The first-order chi connectivity index (χ1) is 9.22. The second kappa shape index (κ2) is 3.84. The van der Waals surface area contributed by atoms with Crippen LogP contribution in [0.15, 0.2) is 17.1 Å². The van der Waals surface area contributed by atoms with Gasteiger partial charge >= 0.3 is 0 Å². The van der Waals surface area contributed by atoms with E-state index in [2.05, 4.69) is 4.99 Å². The molecule has 1 aromatic carbocycles. The molecule has 1 aliphatic heterocycles. The number of benzene rings is 1. The lowest BCUT2D eigenvalue weighted by atomic mass is 10.3. The van der Waals surface area contributed by atoms with Crippen molar-refractivity contribution in [1.82, 2.24) is 4.57 Å². The first-order valence-electron chi connectivity index (χ1n) is 6.20. The maximum absolute atomic E-state index is 11.8. The molecule has 0 spiro atoms. The monoisotopic (exact) mass is 276 g/mol. The van der Waals surface area contributed by atoms with Crippen molar-refractivity contribution in [3.8, 4) is 11.5 Å². The molecule has 2 aromatic rings. The Labute approximate surface area is 113 Å².